The largest absolute Gasteiger partial charge is 0.480 e. The van der Waals surface area contributed by atoms with Crippen molar-refractivity contribution in [1.82, 2.24) is 4.90 Å². The highest BCUT2D eigenvalue weighted by atomic mass is 31.2. The smallest absolute Gasteiger partial charge is 0.472 e. The van der Waals surface area contributed by atoms with Crippen LogP contribution in [-0.4, -0.2) is 51.7 Å². The summed E-state index contributed by atoms with van der Waals surface area (Å²) in [6.07, 6.45) is -1.01. The van der Waals surface area contributed by atoms with E-state index in [1.165, 1.54) is 0 Å². The fourth-order valence-corrected chi connectivity index (χ4v) is 1.23. The third kappa shape index (κ3) is 8.94. The van der Waals surface area contributed by atoms with E-state index >= 15 is 0 Å². The molecule has 0 spiro atoms. The first kappa shape index (κ1) is 16.9. The van der Waals surface area contributed by atoms with E-state index in [9.17, 15) is 14.2 Å². The number of carbonyl (C=O) groups excluding carboxylic acids is 1. The summed E-state index contributed by atoms with van der Waals surface area (Å²) in [5, 5.41) is 8.60. The van der Waals surface area contributed by atoms with Gasteiger partial charge in [-0.1, -0.05) is 13.8 Å². The van der Waals surface area contributed by atoms with E-state index in [1.54, 1.807) is 13.8 Å². The molecular formula is C8H16NO8P. The van der Waals surface area contributed by atoms with Crippen LogP contribution in [0, 0.1) is 5.92 Å². The van der Waals surface area contributed by atoms with Crippen molar-refractivity contribution < 1.29 is 38.3 Å². The summed E-state index contributed by atoms with van der Waals surface area (Å²) in [6, 6.07) is 0. The molecule has 0 aliphatic rings. The first-order chi connectivity index (χ1) is 8.11. The van der Waals surface area contributed by atoms with Crippen molar-refractivity contribution in [3.63, 3.8) is 0 Å². The molecule has 0 aliphatic heterocycles. The topological polar surface area (TPSA) is 134 Å². The summed E-state index contributed by atoms with van der Waals surface area (Å²) < 4.78 is 18.6. The van der Waals surface area contributed by atoms with Crippen molar-refractivity contribution in [3.05, 3.63) is 0 Å². The van der Waals surface area contributed by atoms with Crippen LogP contribution in [0.15, 0.2) is 0 Å². The lowest BCUT2D eigenvalue weighted by atomic mass is 10.2. The molecule has 9 nitrogen and oxygen atoms in total. The van der Waals surface area contributed by atoms with Crippen LogP contribution in [0.4, 0.5) is 4.79 Å². The SMILES string of the molecule is CC(C)CN(CC(=O)O)C(=O)OCOP(=O)(O)O. The molecule has 0 saturated carbocycles. The number of amides is 1. The van der Waals surface area contributed by atoms with Crippen molar-refractivity contribution in [2.75, 3.05) is 19.9 Å². The zero-order chi connectivity index (χ0) is 14.3. The lowest BCUT2D eigenvalue weighted by Gasteiger charge is -2.21. The van der Waals surface area contributed by atoms with E-state index in [0.717, 1.165) is 4.90 Å². The van der Waals surface area contributed by atoms with Gasteiger partial charge in [-0.25, -0.2) is 13.9 Å². The molecule has 0 fully saturated rings. The Balaban J connectivity index is 4.29. The molecule has 0 atom stereocenters. The molecule has 3 N–H and O–H groups in total. The van der Waals surface area contributed by atoms with E-state index in [0.29, 0.717) is 0 Å². The minimum absolute atomic E-state index is 0.0135. The zero-order valence-electron chi connectivity index (χ0n) is 9.98. The van der Waals surface area contributed by atoms with Gasteiger partial charge >= 0.3 is 19.9 Å². The van der Waals surface area contributed by atoms with Crippen molar-refractivity contribution >= 4 is 19.9 Å². The van der Waals surface area contributed by atoms with Gasteiger partial charge in [0.1, 0.15) is 6.54 Å². The van der Waals surface area contributed by atoms with Gasteiger partial charge in [0.15, 0.2) is 0 Å². The minimum Gasteiger partial charge on any atom is -0.480 e. The normalized spacial score (nSPS) is 11.4. The Morgan fingerprint density at radius 2 is 1.89 bits per heavy atom. The fourth-order valence-electron chi connectivity index (χ4n) is 1.04. The highest BCUT2D eigenvalue weighted by Gasteiger charge is 2.21. The highest BCUT2D eigenvalue weighted by Crippen LogP contribution is 2.35. The highest BCUT2D eigenvalue weighted by molar-refractivity contribution is 7.46. The summed E-state index contributed by atoms with van der Waals surface area (Å²) >= 11 is 0. The second-order valence-corrected chi connectivity index (χ2v) is 5.06. The van der Waals surface area contributed by atoms with Crippen molar-refractivity contribution in [3.8, 4) is 0 Å². The van der Waals surface area contributed by atoms with Crippen LogP contribution in [0.2, 0.25) is 0 Å². The average Bonchev–Trinajstić information content (AvgIpc) is 2.12. The van der Waals surface area contributed by atoms with Gasteiger partial charge in [-0.2, -0.15) is 0 Å². The Bertz CT molecular complexity index is 338. The second kappa shape index (κ2) is 7.32. The van der Waals surface area contributed by atoms with E-state index in [-0.39, 0.29) is 12.5 Å². The molecule has 106 valence electrons. The predicted octanol–water partition coefficient (Wildman–Crippen LogP) is 0.232. The van der Waals surface area contributed by atoms with Gasteiger partial charge in [-0.3, -0.25) is 9.69 Å². The van der Waals surface area contributed by atoms with Gasteiger partial charge < -0.3 is 19.6 Å². The molecular weight excluding hydrogens is 269 g/mol. The van der Waals surface area contributed by atoms with Gasteiger partial charge in [0, 0.05) is 6.54 Å². The predicted molar refractivity (Wildman–Crippen MR) is 58.5 cm³/mol. The molecule has 0 saturated heterocycles. The molecule has 0 heterocycles. The molecule has 1 amide bonds. The van der Waals surface area contributed by atoms with Crippen LogP contribution >= 0.6 is 7.82 Å². The molecule has 0 rings (SSSR count). The van der Waals surface area contributed by atoms with Gasteiger partial charge in [-0.05, 0) is 5.92 Å². The summed E-state index contributed by atoms with van der Waals surface area (Å²) in [4.78, 5) is 39.5. The van der Waals surface area contributed by atoms with E-state index in [4.69, 9.17) is 14.9 Å². The molecule has 0 radical (unpaired) electrons. The quantitative estimate of drug-likeness (QED) is 0.447. The Hall–Kier alpha value is -1.15. The molecule has 0 aromatic carbocycles. The second-order valence-electron chi connectivity index (χ2n) is 3.82. The average molecular weight is 285 g/mol. The standard InChI is InChI=1S/C8H16NO8P/c1-6(2)3-9(4-7(10)11)8(12)16-5-17-18(13,14)15/h6H,3-5H2,1-2H3,(H,10,11)(H2,13,14,15). The number of hydrogen-bond donors (Lipinski definition) is 3. The number of phosphoric ester groups is 1. The first-order valence-corrected chi connectivity index (χ1v) is 6.48. The number of carbonyl (C=O) groups is 2. The number of phosphoric acid groups is 1. The Morgan fingerprint density at radius 1 is 1.33 bits per heavy atom. The van der Waals surface area contributed by atoms with Gasteiger partial charge in [0.05, 0.1) is 0 Å². The summed E-state index contributed by atoms with van der Waals surface area (Å²) in [6.45, 7) is 2.17. The lowest BCUT2D eigenvalue weighted by Crippen LogP contribution is -2.38. The van der Waals surface area contributed by atoms with Gasteiger partial charge in [0.2, 0.25) is 6.79 Å². The number of ether oxygens (including phenoxy) is 1. The maximum atomic E-state index is 11.4. The Labute approximate surface area is 104 Å². The molecule has 0 aromatic heterocycles. The Morgan fingerprint density at radius 3 is 2.28 bits per heavy atom. The van der Waals surface area contributed by atoms with E-state index < -0.39 is 33.2 Å². The van der Waals surface area contributed by atoms with Crippen molar-refractivity contribution in [1.29, 1.82) is 0 Å². The van der Waals surface area contributed by atoms with Crippen LogP contribution in [0.5, 0.6) is 0 Å². The van der Waals surface area contributed by atoms with Gasteiger partial charge in [-0.15, -0.1) is 0 Å². The fraction of sp³-hybridized carbons (Fsp3) is 0.750. The van der Waals surface area contributed by atoms with E-state index in [2.05, 4.69) is 9.26 Å². The van der Waals surface area contributed by atoms with Crippen LogP contribution in [0.25, 0.3) is 0 Å². The molecule has 0 aromatic rings. The number of carboxylic acids is 1. The minimum atomic E-state index is -4.72. The first-order valence-electron chi connectivity index (χ1n) is 4.95. The van der Waals surface area contributed by atoms with Crippen LogP contribution < -0.4 is 0 Å². The molecule has 0 bridgehead atoms. The molecule has 0 aliphatic carbocycles. The van der Waals surface area contributed by atoms with Crippen LogP contribution in [-0.2, 0) is 18.6 Å². The molecule has 18 heavy (non-hydrogen) atoms. The van der Waals surface area contributed by atoms with Crippen LogP contribution in [0.3, 0.4) is 0 Å². The third-order valence-electron chi connectivity index (χ3n) is 1.57. The molecule has 10 heteroatoms. The maximum absolute atomic E-state index is 11.4. The third-order valence-corrected chi connectivity index (χ3v) is 2.01. The van der Waals surface area contributed by atoms with E-state index in [1.807, 2.05) is 0 Å². The number of rotatable bonds is 7. The number of aliphatic carboxylic acids is 1. The number of hydrogen-bond acceptors (Lipinski definition) is 5. The van der Waals surface area contributed by atoms with Crippen molar-refractivity contribution in [2.45, 2.75) is 13.8 Å². The summed E-state index contributed by atoms with van der Waals surface area (Å²) in [7, 11) is -4.72. The zero-order valence-corrected chi connectivity index (χ0v) is 10.9. The van der Waals surface area contributed by atoms with Crippen molar-refractivity contribution in [2.24, 2.45) is 5.92 Å². The number of carboxylic acid groups (broad SMARTS) is 1. The summed E-state index contributed by atoms with van der Waals surface area (Å²) in [5.41, 5.74) is 0. The van der Waals surface area contributed by atoms with Gasteiger partial charge in [0.25, 0.3) is 0 Å². The maximum Gasteiger partial charge on any atom is 0.472 e. The molecule has 0 unspecified atom stereocenters. The Kier molecular flexibility index (Phi) is 6.85. The monoisotopic (exact) mass is 285 g/mol. The number of nitrogens with zero attached hydrogens (tertiary/aromatic N) is 1. The summed E-state index contributed by atoms with van der Waals surface area (Å²) in [5.74, 6) is -1.21. The lowest BCUT2D eigenvalue weighted by molar-refractivity contribution is -0.138. The van der Waals surface area contributed by atoms with Crippen LogP contribution in [0.1, 0.15) is 13.8 Å².